The summed E-state index contributed by atoms with van der Waals surface area (Å²) < 4.78 is 0. The predicted octanol–water partition coefficient (Wildman–Crippen LogP) is 11.5. The second-order valence-corrected chi connectivity index (χ2v) is 14.3. The first-order valence-corrected chi connectivity index (χ1v) is 18.7. The van der Waals surface area contributed by atoms with Gasteiger partial charge in [0, 0.05) is 36.6 Å². The molecule has 0 aliphatic carbocycles. The van der Waals surface area contributed by atoms with Crippen LogP contribution in [-0.4, -0.2) is 20.9 Å². The van der Waals surface area contributed by atoms with Crippen molar-refractivity contribution >= 4 is 51.9 Å². The summed E-state index contributed by atoms with van der Waals surface area (Å²) in [6, 6.07) is 71.0. The molecule has 0 amide bonds. The molecule has 0 atom stereocenters. The molecule has 256 valence electrons. The zero-order valence-corrected chi connectivity index (χ0v) is 30.4. The Balaban J connectivity index is 1.37. The van der Waals surface area contributed by atoms with E-state index >= 15 is 0 Å². The fourth-order valence-electron chi connectivity index (χ4n) is 8.65. The Kier molecular flexibility index (Phi) is 7.69. The fourth-order valence-corrected chi connectivity index (χ4v) is 8.65. The Labute approximate surface area is 318 Å². The van der Waals surface area contributed by atoms with Crippen LogP contribution in [0.5, 0.6) is 0 Å². The summed E-state index contributed by atoms with van der Waals surface area (Å²) in [5, 5.41) is 0. The minimum atomic E-state index is -0.116. The van der Waals surface area contributed by atoms with E-state index in [1.807, 2.05) is 0 Å². The molecule has 0 spiro atoms. The standard InChI is InChI=1S/C50H38BN3/c1-52-45-29-17-15-27-43(45)51(44-28-16-18-30-46(44)52)54-49-41(37-23-11-5-12-24-37)31-39(35-19-7-3-8-20-35)33-47(49)53(2)48-34-40(36-21-9-4-10-22-36)32-42(50(48)54)38-25-13-6-14-26-38/h3-34H,1-2H3. The van der Waals surface area contributed by atoms with Gasteiger partial charge in [-0.2, -0.15) is 0 Å². The topological polar surface area (TPSA) is 9.72 Å². The summed E-state index contributed by atoms with van der Waals surface area (Å²) in [6.07, 6.45) is 0. The van der Waals surface area contributed by atoms with Gasteiger partial charge in [0.25, 0.3) is 0 Å². The van der Waals surface area contributed by atoms with Crippen LogP contribution in [0.1, 0.15) is 0 Å². The first kappa shape index (κ1) is 31.9. The van der Waals surface area contributed by atoms with Gasteiger partial charge in [-0.25, -0.2) is 0 Å². The van der Waals surface area contributed by atoms with Gasteiger partial charge in [0.1, 0.15) is 0 Å². The van der Waals surface area contributed by atoms with Crippen LogP contribution >= 0.6 is 0 Å². The lowest BCUT2D eigenvalue weighted by Gasteiger charge is -2.47. The van der Waals surface area contributed by atoms with Crippen molar-refractivity contribution in [3.63, 3.8) is 0 Å². The number of hydrogen-bond donors (Lipinski definition) is 0. The summed E-state index contributed by atoms with van der Waals surface area (Å²) in [4.78, 5) is 7.47. The summed E-state index contributed by atoms with van der Waals surface area (Å²) in [5.41, 5.74) is 19.2. The van der Waals surface area contributed by atoms with Gasteiger partial charge in [-0.05, 0) is 80.7 Å². The molecule has 2 aliphatic heterocycles. The molecule has 0 aromatic heterocycles. The molecule has 8 aromatic rings. The van der Waals surface area contributed by atoms with Crippen molar-refractivity contribution in [3.05, 3.63) is 194 Å². The van der Waals surface area contributed by atoms with Crippen LogP contribution in [-0.2, 0) is 0 Å². The van der Waals surface area contributed by atoms with E-state index in [9.17, 15) is 0 Å². The Hall–Kier alpha value is -6.78. The molecule has 2 aliphatic rings. The molecular weight excluding hydrogens is 653 g/mol. The van der Waals surface area contributed by atoms with Crippen molar-refractivity contribution in [1.82, 2.24) is 0 Å². The third-order valence-corrected chi connectivity index (χ3v) is 11.2. The van der Waals surface area contributed by atoms with Gasteiger partial charge >= 0.3 is 6.85 Å². The quantitative estimate of drug-likeness (QED) is 0.166. The first-order valence-electron chi connectivity index (χ1n) is 18.7. The molecule has 0 radical (unpaired) electrons. The van der Waals surface area contributed by atoms with E-state index in [1.165, 1.54) is 89.6 Å². The fraction of sp³-hybridized carbons (Fsp3) is 0.0400. The average molecular weight is 692 g/mol. The second-order valence-electron chi connectivity index (χ2n) is 14.3. The summed E-state index contributed by atoms with van der Waals surface area (Å²) >= 11 is 0. The zero-order chi connectivity index (χ0) is 36.2. The predicted molar refractivity (Wildman–Crippen MR) is 231 cm³/mol. The number of nitrogens with zero attached hydrogens (tertiary/aromatic N) is 3. The van der Waals surface area contributed by atoms with Crippen molar-refractivity contribution in [2.45, 2.75) is 0 Å². The third kappa shape index (κ3) is 5.14. The number of fused-ring (bicyclic) bond motifs is 4. The lowest BCUT2D eigenvalue weighted by atomic mass is 9.46. The van der Waals surface area contributed by atoms with Crippen molar-refractivity contribution in [1.29, 1.82) is 0 Å². The van der Waals surface area contributed by atoms with E-state index in [4.69, 9.17) is 0 Å². The molecule has 8 aromatic carbocycles. The van der Waals surface area contributed by atoms with Crippen LogP contribution in [0, 0.1) is 0 Å². The first-order chi connectivity index (χ1) is 26.7. The molecule has 0 bridgehead atoms. The monoisotopic (exact) mass is 691 g/mol. The molecule has 0 saturated heterocycles. The van der Waals surface area contributed by atoms with E-state index in [1.54, 1.807) is 0 Å². The van der Waals surface area contributed by atoms with Gasteiger partial charge < -0.3 is 14.6 Å². The minimum Gasteiger partial charge on any atom is -0.372 e. The van der Waals surface area contributed by atoms with Crippen molar-refractivity contribution in [2.75, 3.05) is 28.7 Å². The number of benzene rings is 8. The lowest BCUT2D eigenvalue weighted by Crippen LogP contribution is -2.60. The lowest BCUT2D eigenvalue weighted by molar-refractivity contribution is 1.15. The zero-order valence-electron chi connectivity index (χ0n) is 30.4. The van der Waals surface area contributed by atoms with Crippen molar-refractivity contribution in [2.24, 2.45) is 0 Å². The van der Waals surface area contributed by atoms with Gasteiger partial charge in [-0.15, -0.1) is 0 Å². The number of para-hydroxylation sites is 2. The molecule has 2 heterocycles. The second kappa shape index (κ2) is 13.0. The number of rotatable bonds is 5. The molecule has 4 heteroatoms. The van der Waals surface area contributed by atoms with Crippen molar-refractivity contribution < 1.29 is 0 Å². The van der Waals surface area contributed by atoms with E-state index in [0.29, 0.717) is 0 Å². The molecular formula is C50H38BN3. The normalized spacial score (nSPS) is 12.9. The van der Waals surface area contributed by atoms with Gasteiger partial charge in [0.2, 0.25) is 0 Å². The average Bonchev–Trinajstić information content (AvgIpc) is 3.25. The number of hydrogen-bond acceptors (Lipinski definition) is 3. The molecule has 3 nitrogen and oxygen atoms in total. The Bertz CT molecular complexity index is 2460. The Morgan fingerprint density at radius 2 is 0.648 bits per heavy atom. The smallest absolute Gasteiger partial charge is 0.332 e. The maximum Gasteiger partial charge on any atom is 0.332 e. The maximum absolute atomic E-state index is 2.68. The highest BCUT2D eigenvalue weighted by atomic mass is 15.2. The Morgan fingerprint density at radius 1 is 0.315 bits per heavy atom. The highest BCUT2D eigenvalue weighted by Gasteiger charge is 2.44. The maximum atomic E-state index is 2.68. The van der Waals surface area contributed by atoms with E-state index < -0.39 is 0 Å². The minimum absolute atomic E-state index is 0.116. The molecule has 0 N–H and O–H groups in total. The molecule has 0 fully saturated rings. The summed E-state index contributed by atoms with van der Waals surface area (Å²) in [5.74, 6) is 0. The molecule has 0 unspecified atom stereocenters. The van der Waals surface area contributed by atoms with Crippen LogP contribution in [0.4, 0.5) is 34.1 Å². The van der Waals surface area contributed by atoms with Gasteiger partial charge in [0.05, 0.1) is 22.7 Å². The van der Waals surface area contributed by atoms with Crippen LogP contribution in [0.2, 0.25) is 0 Å². The van der Waals surface area contributed by atoms with Crippen LogP contribution in [0.3, 0.4) is 0 Å². The van der Waals surface area contributed by atoms with E-state index in [2.05, 4.69) is 223 Å². The highest BCUT2D eigenvalue weighted by molar-refractivity contribution is 6.92. The summed E-state index contributed by atoms with van der Waals surface area (Å²) in [7, 11) is 4.45. The van der Waals surface area contributed by atoms with Gasteiger partial charge in [-0.3, -0.25) is 0 Å². The van der Waals surface area contributed by atoms with Crippen LogP contribution in [0.15, 0.2) is 194 Å². The number of anilines is 6. The molecule has 10 rings (SSSR count). The molecule has 54 heavy (non-hydrogen) atoms. The highest BCUT2D eigenvalue weighted by Crippen LogP contribution is 2.57. The summed E-state index contributed by atoms with van der Waals surface area (Å²) in [6.45, 7) is -0.116. The third-order valence-electron chi connectivity index (χ3n) is 11.2. The Morgan fingerprint density at radius 3 is 1.06 bits per heavy atom. The van der Waals surface area contributed by atoms with Crippen LogP contribution < -0.4 is 25.5 Å². The SMILES string of the molecule is CN1c2ccccc2B(N2c3c(-c4ccccc4)cc(-c4ccccc4)cc3N(C)c3cc(-c4ccccc4)cc(-c4ccccc4)c32)c2ccccc21. The largest absolute Gasteiger partial charge is 0.372 e. The molecule has 0 saturated carbocycles. The van der Waals surface area contributed by atoms with Gasteiger partial charge in [0.15, 0.2) is 0 Å². The van der Waals surface area contributed by atoms with Gasteiger partial charge in [-0.1, -0.05) is 158 Å². The van der Waals surface area contributed by atoms with Crippen molar-refractivity contribution in [3.8, 4) is 44.5 Å². The van der Waals surface area contributed by atoms with Crippen LogP contribution in [0.25, 0.3) is 44.5 Å². The van der Waals surface area contributed by atoms with E-state index in [0.717, 1.165) is 0 Å². The van der Waals surface area contributed by atoms with E-state index in [-0.39, 0.29) is 6.85 Å².